The molecule has 29 heavy (non-hydrogen) atoms. The zero-order valence-electron chi connectivity index (χ0n) is 15.7. The number of hydrogen-bond acceptors (Lipinski definition) is 7. The Bertz CT molecular complexity index is 1210. The van der Waals surface area contributed by atoms with Gasteiger partial charge in [-0.15, -0.1) is 69.3 Å². The second kappa shape index (κ2) is 7.72. The number of rotatable bonds is 4. The van der Waals surface area contributed by atoms with Crippen LogP contribution < -0.4 is 5.73 Å². The summed E-state index contributed by atoms with van der Waals surface area (Å²) < 4.78 is 1.06. The largest absolute Gasteiger partial charge is 0.391 e. The minimum Gasteiger partial charge on any atom is -0.391 e. The van der Waals surface area contributed by atoms with Crippen LogP contribution in [0, 0.1) is 13.8 Å². The summed E-state index contributed by atoms with van der Waals surface area (Å²) in [7, 11) is 0. The molecule has 5 rings (SSSR count). The smallest absolute Gasteiger partial charge is 0.0863 e. The van der Waals surface area contributed by atoms with Gasteiger partial charge in [-0.1, -0.05) is 0 Å². The Morgan fingerprint density at radius 2 is 1.00 bits per heavy atom. The fourth-order valence-corrected chi connectivity index (χ4v) is 8.93. The van der Waals surface area contributed by atoms with Crippen molar-refractivity contribution >= 4 is 74.3 Å². The van der Waals surface area contributed by atoms with Crippen LogP contribution in [0.2, 0.25) is 0 Å². The molecular weight excluding hydrogens is 471 g/mol. The van der Waals surface area contributed by atoms with Gasteiger partial charge in [-0.05, 0) is 73.5 Å². The molecule has 0 atom stereocenters. The molecule has 7 heteroatoms. The topological polar surface area (TPSA) is 26.0 Å². The third kappa shape index (κ3) is 3.65. The molecule has 0 aromatic carbocycles. The van der Waals surface area contributed by atoms with Gasteiger partial charge in [0.05, 0.1) is 9.21 Å². The molecule has 5 aromatic heterocycles. The van der Waals surface area contributed by atoms with Gasteiger partial charge in [0.2, 0.25) is 0 Å². The maximum Gasteiger partial charge on any atom is 0.0863 e. The zero-order chi connectivity index (χ0) is 20.1. The second-order valence-corrected chi connectivity index (χ2v) is 12.8. The molecule has 5 heterocycles. The molecule has 0 radical (unpaired) electrons. The summed E-state index contributed by atoms with van der Waals surface area (Å²) in [5, 5.41) is 0.865. The van der Waals surface area contributed by atoms with E-state index < -0.39 is 0 Å². The van der Waals surface area contributed by atoms with E-state index in [1.54, 1.807) is 22.7 Å². The molecule has 2 N–H and O–H groups in total. The third-order valence-corrected chi connectivity index (χ3v) is 11.4. The van der Waals surface area contributed by atoms with Crippen LogP contribution in [-0.4, -0.2) is 0 Å². The molecule has 0 bridgehead atoms. The predicted molar refractivity (Wildman–Crippen MR) is 139 cm³/mol. The average molecular weight is 488 g/mol. The maximum absolute atomic E-state index is 5.91. The van der Waals surface area contributed by atoms with Crippen molar-refractivity contribution in [3.8, 4) is 39.0 Å². The van der Waals surface area contributed by atoms with E-state index in [0.717, 1.165) is 9.21 Å². The molecule has 0 fully saturated rings. The molecule has 0 saturated heterocycles. The van der Waals surface area contributed by atoms with Crippen molar-refractivity contribution in [1.29, 1.82) is 0 Å². The summed E-state index contributed by atoms with van der Waals surface area (Å²) in [5.41, 5.74) is 8.68. The lowest BCUT2D eigenvalue weighted by Crippen LogP contribution is -1.75. The Morgan fingerprint density at radius 3 is 1.48 bits per heavy atom. The van der Waals surface area contributed by atoms with Crippen LogP contribution in [0.1, 0.15) is 11.1 Å². The zero-order valence-corrected chi connectivity index (χ0v) is 20.7. The summed E-state index contributed by atoms with van der Waals surface area (Å²) in [6.07, 6.45) is 0. The van der Waals surface area contributed by atoms with E-state index in [0.29, 0.717) is 0 Å². The highest BCUT2D eigenvalue weighted by atomic mass is 32.2. The van der Waals surface area contributed by atoms with Gasteiger partial charge in [-0.3, -0.25) is 0 Å². The Labute approximate surface area is 195 Å². The fourth-order valence-electron chi connectivity index (χ4n) is 3.20. The number of nitrogen functional groups attached to an aromatic ring is 1. The fraction of sp³-hybridized carbons (Fsp3) is 0.0909. The van der Waals surface area contributed by atoms with Crippen LogP contribution in [-0.2, 0) is 0 Å². The van der Waals surface area contributed by atoms with E-state index in [9.17, 15) is 0 Å². The van der Waals surface area contributed by atoms with Crippen molar-refractivity contribution in [2.24, 2.45) is 0 Å². The van der Waals surface area contributed by atoms with Crippen molar-refractivity contribution in [2.45, 2.75) is 18.1 Å². The van der Waals surface area contributed by atoms with E-state index in [4.69, 9.17) is 5.73 Å². The number of nitrogens with two attached hydrogens (primary N) is 1. The molecule has 1 nitrogen and oxygen atoms in total. The van der Waals surface area contributed by atoms with E-state index in [1.165, 1.54) is 50.1 Å². The van der Waals surface area contributed by atoms with Crippen LogP contribution in [0.25, 0.3) is 39.0 Å². The minimum atomic E-state index is 0.865. The third-order valence-electron chi connectivity index (χ3n) is 4.81. The first-order valence-electron chi connectivity index (χ1n) is 8.95. The maximum atomic E-state index is 5.91. The highest BCUT2D eigenvalue weighted by molar-refractivity contribution is 7.83. The molecule has 5 aromatic rings. The predicted octanol–water partition coefficient (Wildman–Crippen LogP) is 9.15. The van der Waals surface area contributed by atoms with Crippen molar-refractivity contribution < 1.29 is 0 Å². The summed E-state index contributed by atoms with van der Waals surface area (Å²) >= 11 is 13.5. The van der Waals surface area contributed by atoms with Crippen molar-refractivity contribution in [2.75, 3.05) is 5.73 Å². The molecular formula is C22H17NS6. The Morgan fingerprint density at radius 1 is 0.552 bits per heavy atom. The van der Waals surface area contributed by atoms with Crippen molar-refractivity contribution in [3.05, 3.63) is 59.7 Å². The Balaban J connectivity index is 1.51. The molecule has 0 unspecified atom stereocenters. The van der Waals surface area contributed by atoms with Gasteiger partial charge in [0.1, 0.15) is 0 Å². The minimum absolute atomic E-state index is 0.865. The Hall–Kier alpha value is -1.35. The average Bonchev–Trinajstić information content (AvgIpc) is 3.48. The van der Waals surface area contributed by atoms with Crippen LogP contribution in [0.5, 0.6) is 0 Å². The van der Waals surface area contributed by atoms with Crippen molar-refractivity contribution in [3.63, 3.8) is 0 Å². The molecule has 0 aliphatic heterocycles. The summed E-state index contributed by atoms with van der Waals surface area (Å²) in [5.74, 6) is 0. The van der Waals surface area contributed by atoms with E-state index in [-0.39, 0.29) is 0 Å². The van der Waals surface area contributed by atoms with E-state index in [1.807, 2.05) is 40.1 Å². The van der Waals surface area contributed by atoms with Gasteiger partial charge in [0, 0.05) is 39.0 Å². The number of thiophene rings is 5. The van der Waals surface area contributed by atoms with E-state index >= 15 is 0 Å². The normalized spacial score (nSPS) is 11.4. The van der Waals surface area contributed by atoms with Crippen molar-refractivity contribution in [1.82, 2.24) is 0 Å². The Kier molecular flexibility index (Phi) is 5.22. The van der Waals surface area contributed by atoms with Crippen LogP contribution in [0.15, 0.2) is 52.7 Å². The van der Waals surface area contributed by atoms with Gasteiger partial charge in [0.15, 0.2) is 0 Å². The van der Waals surface area contributed by atoms with Crippen LogP contribution in [0.4, 0.5) is 5.00 Å². The first-order chi connectivity index (χ1) is 14.0. The lowest BCUT2D eigenvalue weighted by molar-refractivity contribution is 1.41. The molecule has 0 amide bonds. The molecule has 0 aliphatic rings. The molecule has 0 aliphatic carbocycles. The molecule has 0 saturated carbocycles. The summed E-state index contributed by atoms with van der Waals surface area (Å²) in [6.45, 7) is 4.49. The highest BCUT2D eigenvalue weighted by Crippen LogP contribution is 2.48. The first kappa shape index (κ1) is 19.6. The standard InChI is InChI=1S/C22H17NS6/c1-11-12(2)22(18-6-4-14(26-18)16-8-10-20(24)28-16)29-21(11)17-5-3-13(25-17)15-7-9-19(23)27-15/h3-10,24H,23H2,1-2H3. The number of thiol groups is 1. The van der Waals surface area contributed by atoms with Crippen LogP contribution >= 0.6 is 69.3 Å². The highest BCUT2D eigenvalue weighted by Gasteiger charge is 2.18. The van der Waals surface area contributed by atoms with Gasteiger partial charge in [-0.2, -0.15) is 0 Å². The van der Waals surface area contributed by atoms with E-state index in [2.05, 4.69) is 68.9 Å². The summed E-state index contributed by atoms with van der Waals surface area (Å²) in [4.78, 5) is 10.6. The monoisotopic (exact) mass is 487 g/mol. The van der Waals surface area contributed by atoms with Crippen LogP contribution in [0.3, 0.4) is 0 Å². The second-order valence-electron chi connectivity index (χ2n) is 6.68. The van der Waals surface area contributed by atoms with Gasteiger partial charge >= 0.3 is 0 Å². The SMILES string of the molecule is Cc1c(-c2ccc(-c3ccc(N)s3)s2)sc(-c2ccc(-c3ccc(S)s3)s2)c1C. The lowest BCUT2D eigenvalue weighted by atomic mass is 10.1. The summed E-state index contributed by atoms with van der Waals surface area (Å²) in [6, 6.07) is 17.3. The molecule has 0 spiro atoms. The number of hydrogen-bond donors (Lipinski definition) is 2. The molecule has 146 valence electrons. The van der Waals surface area contributed by atoms with Gasteiger partial charge < -0.3 is 5.73 Å². The first-order valence-corrected chi connectivity index (χ1v) is 13.5. The quantitative estimate of drug-likeness (QED) is 0.243. The van der Waals surface area contributed by atoms with Gasteiger partial charge in [0.25, 0.3) is 0 Å². The van der Waals surface area contributed by atoms with Gasteiger partial charge in [-0.25, -0.2) is 0 Å². The lowest BCUT2D eigenvalue weighted by Gasteiger charge is -1.96. The number of anilines is 1.